The van der Waals surface area contributed by atoms with Gasteiger partial charge in [0.05, 0.1) is 31.3 Å². The summed E-state index contributed by atoms with van der Waals surface area (Å²) in [6.45, 7) is 15.0. The molecule has 8 rings (SSSR count). The highest BCUT2D eigenvalue weighted by Crippen LogP contribution is 2.76. The normalized spacial score (nSPS) is 53.6. The van der Waals surface area contributed by atoms with Crippen LogP contribution in [0.1, 0.15) is 113 Å². The Morgan fingerprint density at radius 3 is 2.03 bits per heavy atom. The first-order valence-electron chi connectivity index (χ1n) is 23.1. The predicted molar refractivity (Wildman–Crippen MR) is 219 cm³/mol. The molecule has 7 fully saturated rings. The third-order valence-electron chi connectivity index (χ3n) is 18.6. The van der Waals surface area contributed by atoms with Gasteiger partial charge in [0.1, 0.15) is 61.0 Å². The van der Waals surface area contributed by atoms with Crippen molar-refractivity contribution in [1.82, 2.24) is 0 Å². The van der Waals surface area contributed by atoms with E-state index in [1.807, 2.05) is 0 Å². The zero-order chi connectivity index (χ0) is 45.1. The Morgan fingerprint density at radius 2 is 1.34 bits per heavy atom. The molecule has 0 aromatic carbocycles. The molecule has 0 bridgehead atoms. The Balaban J connectivity index is 1.06. The topological polar surface area (TPSA) is 255 Å². The average molecular weight is 883 g/mol. The van der Waals surface area contributed by atoms with Crippen LogP contribution < -0.4 is 0 Å². The Kier molecular flexibility index (Phi) is 12.5. The van der Waals surface area contributed by atoms with Crippen molar-refractivity contribution in [3.8, 4) is 0 Å². The van der Waals surface area contributed by atoms with Crippen LogP contribution in [0.25, 0.3) is 0 Å². The summed E-state index contributed by atoms with van der Waals surface area (Å²) in [5.74, 6) is -0.0522. The third kappa shape index (κ3) is 7.28. The lowest BCUT2D eigenvalue weighted by molar-refractivity contribution is -0.384. The summed E-state index contributed by atoms with van der Waals surface area (Å²) >= 11 is 0. The number of hydrogen-bond donors (Lipinski definition) is 9. The van der Waals surface area contributed by atoms with E-state index in [-0.39, 0.29) is 46.7 Å². The SMILES string of the molecule is CC1(C)CC[C@]2(C(=O)O)CC[C@]3(C)C(=CC[C@@H]4[C@@]5(C)CC[C@H](O[C@@H]6OC[C@H](O)[C@H](O[C@H]7O[C@H](CO)[C@@H](O)[C@H](O)[C@H]7O)[C@H]6O[C@@H]6OC[C@@H](O)[C@H](O)[C@H]6O)C(C)(C)C5CC[C@]43C)[C@H]2C1. The van der Waals surface area contributed by atoms with Crippen molar-refractivity contribution in [3.63, 3.8) is 0 Å². The minimum absolute atomic E-state index is 0.0255. The number of carbonyl (C=O) groups is 1. The summed E-state index contributed by atoms with van der Waals surface area (Å²) in [4.78, 5) is 13.1. The number of hydrogen-bond acceptors (Lipinski definition) is 15. The van der Waals surface area contributed by atoms with Crippen LogP contribution >= 0.6 is 0 Å². The summed E-state index contributed by atoms with van der Waals surface area (Å²) in [6.07, 6.45) is -9.35. The second-order valence-corrected chi connectivity index (χ2v) is 22.6. The second kappa shape index (κ2) is 16.5. The van der Waals surface area contributed by atoms with Crippen LogP contribution in [0.3, 0.4) is 0 Å². The Morgan fingerprint density at radius 1 is 0.694 bits per heavy atom. The number of rotatable bonds is 8. The number of fused-ring (bicyclic) bond motifs is 7. The number of carboxylic acid groups (broad SMARTS) is 1. The van der Waals surface area contributed by atoms with Gasteiger partial charge >= 0.3 is 5.97 Å². The number of aliphatic hydroxyl groups is 8. The van der Waals surface area contributed by atoms with E-state index in [2.05, 4.69) is 54.5 Å². The number of ether oxygens (including phenoxy) is 6. The van der Waals surface area contributed by atoms with Gasteiger partial charge in [0.25, 0.3) is 0 Å². The molecule has 3 saturated heterocycles. The minimum atomic E-state index is -1.79. The molecule has 0 amide bonds. The third-order valence-corrected chi connectivity index (χ3v) is 18.6. The van der Waals surface area contributed by atoms with Crippen LogP contribution in [0, 0.1) is 50.2 Å². The zero-order valence-corrected chi connectivity index (χ0v) is 37.5. The van der Waals surface area contributed by atoms with E-state index in [1.54, 1.807) is 0 Å². The van der Waals surface area contributed by atoms with Gasteiger partial charge in [-0.2, -0.15) is 0 Å². The van der Waals surface area contributed by atoms with Gasteiger partial charge in [-0.05, 0) is 109 Å². The van der Waals surface area contributed by atoms with Crippen molar-refractivity contribution in [2.45, 2.75) is 199 Å². The molecule has 0 aromatic heterocycles. The number of aliphatic carboxylic acids is 1. The van der Waals surface area contributed by atoms with Crippen LogP contribution in [0.4, 0.5) is 0 Å². The van der Waals surface area contributed by atoms with Gasteiger partial charge in [-0.15, -0.1) is 0 Å². The fourth-order valence-corrected chi connectivity index (χ4v) is 14.6. The molecule has 3 aliphatic heterocycles. The van der Waals surface area contributed by atoms with Crippen LogP contribution in [-0.4, -0.2) is 158 Å². The molecular weight excluding hydrogens is 808 g/mol. The van der Waals surface area contributed by atoms with E-state index >= 15 is 0 Å². The smallest absolute Gasteiger partial charge is 0.310 e. The molecule has 16 heteroatoms. The van der Waals surface area contributed by atoms with Crippen molar-refractivity contribution in [2.24, 2.45) is 50.2 Å². The van der Waals surface area contributed by atoms with Gasteiger partial charge in [0, 0.05) is 0 Å². The summed E-state index contributed by atoms with van der Waals surface area (Å²) in [6, 6.07) is 0. The van der Waals surface area contributed by atoms with Gasteiger partial charge in [-0.25, -0.2) is 0 Å². The first-order chi connectivity index (χ1) is 29.0. The van der Waals surface area contributed by atoms with Crippen LogP contribution in [0.2, 0.25) is 0 Å². The summed E-state index contributed by atoms with van der Waals surface area (Å²) in [5, 5.41) is 95.4. The molecule has 16 nitrogen and oxygen atoms in total. The standard InChI is InChI=1S/C46H74O16/c1-41(2)14-16-46(40(55)56)17-15-44(6)22(23(46)18-41)8-9-28-43(5)12-11-29(42(3,4)27(43)10-13-45(28,44)7)60-39-36(62-37-33(53)30(50)24(48)20-57-37)35(25(49)21-58-39)61-38-34(54)32(52)31(51)26(19-47)59-38/h8,23-39,47-54H,9-21H2,1-7H3,(H,55,56)/t23-,24-,25+,26-,27?,28-,29+,30+,31-,32+,33-,34-,35+,36-,37+,38-,39+,43+,44-,45-,46+/m1/s1. The molecule has 21 atom stereocenters. The van der Waals surface area contributed by atoms with Gasteiger partial charge in [-0.1, -0.05) is 60.1 Å². The monoisotopic (exact) mass is 882 g/mol. The number of aliphatic hydroxyl groups excluding tert-OH is 8. The molecule has 3 heterocycles. The van der Waals surface area contributed by atoms with E-state index in [4.69, 9.17) is 28.4 Å². The lowest BCUT2D eigenvalue weighted by Gasteiger charge is -2.71. The fraction of sp³-hybridized carbons (Fsp3) is 0.935. The lowest BCUT2D eigenvalue weighted by atomic mass is 9.33. The fourth-order valence-electron chi connectivity index (χ4n) is 14.6. The highest BCUT2D eigenvalue weighted by Gasteiger charge is 2.70. The average Bonchev–Trinajstić information content (AvgIpc) is 3.21. The molecule has 8 aliphatic rings. The molecule has 9 N–H and O–H groups in total. The predicted octanol–water partition coefficient (Wildman–Crippen LogP) is 1.98. The van der Waals surface area contributed by atoms with E-state index in [0.29, 0.717) is 18.8 Å². The second-order valence-electron chi connectivity index (χ2n) is 22.6. The Bertz CT molecular complexity index is 1690. The molecule has 354 valence electrons. The maximum atomic E-state index is 13.1. The van der Waals surface area contributed by atoms with Gasteiger partial charge in [0.2, 0.25) is 0 Å². The van der Waals surface area contributed by atoms with Crippen molar-refractivity contribution in [3.05, 3.63) is 11.6 Å². The zero-order valence-electron chi connectivity index (χ0n) is 37.5. The van der Waals surface area contributed by atoms with E-state index in [0.717, 1.165) is 51.4 Å². The number of allylic oxidation sites excluding steroid dienone is 2. The quantitative estimate of drug-likeness (QED) is 0.125. The summed E-state index contributed by atoms with van der Waals surface area (Å²) < 4.78 is 36.8. The molecule has 62 heavy (non-hydrogen) atoms. The van der Waals surface area contributed by atoms with Crippen molar-refractivity contribution >= 4 is 5.97 Å². The molecule has 0 radical (unpaired) electrons. The number of carboxylic acids is 1. The first-order valence-corrected chi connectivity index (χ1v) is 23.1. The van der Waals surface area contributed by atoms with Gasteiger partial charge < -0.3 is 74.4 Å². The van der Waals surface area contributed by atoms with Crippen LogP contribution in [0.5, 0.6) is 0 Å². The molecule has 4 saturated carbocycles. The molecular formula is C46H74O16. The van der Waals surface area contributed by atoms with Crippen LogP contribution in [-0.2, 0) is 33.2 Å². The molecule has 5 aliphatic carbocycles. The summed E-state index contributed by atoms with van der Waals surface area (Å²) in [5.41, 5.74) is 0.0706. The molecule has 0 aromatic rings. The maximum absolute atomic E-state index is 13.1. The molecule has 0 spiro atoms. The summed E-state index contributed by atoms with van der Waals surface area (Å²) in [7, 11) is 0. The Hall–Kier alpha value is -1.35. The van der Waals surface area contributed by atoms with E-state index in [1.165, 1.54) is 5.57 Å². The maximum Gasteiger partial charge on any atom is 0.310 e. The minimum Gasteiger partial charge on any atom is -0.481 e. The highest BCUT2D eigenvalue weighted by molar-refractivity contribution is 5.76. The Labute approximate surface area is 364 Å². The van der Waals surface area contributed by atoms with Gasteiger partial charge in [0.15, 0.2) is 18.9 Å². The van der Waals surface area contributed by atoms with Crippen molar-refractivity contribution in [1.29, 1.82) is 0 Å². The van der Waals surface area contributed by atoms with Crippen molar-refractivity contribution < 1.29 is 79.2 Å². The van der Waals surface area contributed by atoms with E-state index < -0.39 is 109 Å². The highest BCUT2D eigenvalue weighted by atomic mass is 16.8. The molecule has 1 unspecified atom stereocenters. The van der Waals surface area contributed by atoms with Crippen LogP contribution in [0.15, 0.2) is 11.6 Å². The van der Waals surface area contributed by atoms with E-state index in [9.17, 15) is 50.8 Å². The van der Waals surface area contributed by atoms with Gasteiger partial charge in [-0.3, -0.25) is 4.79 Å². The first kappa shape index (κ1) is 47.2. The largest absolute Gasteiger partial charge is 0.481 e. The van der Waals surface area contributed by atoms with Crippen molar-refractivity contribution in [2.75, 3.05) is 19.8 Å². The lowest BCUT2D eigenvalue weighted by Crippen LogP contribution is -2.66.